The number of nitrogens with zero attached hydrogens (tertiary/aromatic N) is 1. The molecule has 3 nitrogen and oxygen atoms in total. The summed E-state index contributed by atoms with van der Waals surface area (Å²) in [6, 6.07) is 0.479. The zero-order valence-electron chi connectivity index (χ0n) is 8.61. The number of carbonyl (C=O) groups is 1. The SMILES string of the molecule is O=C1CCCN1[C@H]1CC[C@@H](CO)CC1. The van der Waals surface area contributed by atoms with E-state index >= 15 is 0 Å². The van der Waals surface area contributed by atoms with Gasteiger partial charge in [-0.15, -0.1) is 0 Å². The molecular weight excluding hydrogens is 178 g/mol. The van der Waals surface area contributed by atoms with Crippen LogP contribution in [-0.4, -0.2) is 35.1 Å². The summed E-state index contributed by atoms with van der Waals surface area (Å²) in [5.74, 6) is 0.835. The fraction of sp³-hybridized carbons (Fsp3) is 0.909. The number of carbonyl (C=O) groups excluding carboxylic acids is 1. The predicted molar refractivity (Wildman–Crippen MR) is 53.8 cm³/mol. The van der Waals surface area contributed by atoms with Gasteiger partial charge in [-0.25, -0.2) is 0 Å². The van der Waals surface area contributed by atoms with E-state index in [4.69, 9.17) is 5.11 Å². The van der Waals surface area contributed by atoms with Crippen LogP contribution in [-0.2, 0) is 4.79 Å². The summed E-state index contributed by atoms with van der Waals surface area (Å²) in [6.07, 6.45) is 6.16. The predicted octanol–water partition coefficient (Wildman–Crippen LogP) is 1.16. The van der Waals surface area contributed by atoms with Crippen molar-refractivity contribution in [3.05, 3.63) is 0 Å². The van der Waals surface area contributed by atoms with E-state index in [1.807, 2.05) is 0 Å². The molecule has 0 spiro atoms. The third-order valence-electron chi connectivity index (χ3n) is 3.63. The van der Waals surface area contributed by atoms with E-state index in [-0.39, 0.29) is 0 Å². The molecule has 0 radical (unpaired) electrons. The zero-order chi connectivity index (χ0) is 9.97. The van der Waals surface area contributed by atoms with Gasteiger partial charge in [-0.05, 0) is 38.0 Å². The van der Waals surface area contributed by atoms with Gasteiger partial charge in [0.05, 0.1) is 0 Å². The van der Waals surface area contributed by atoms with Crippen LogP contribution in [0.3, 0.4) is 0 Å². The van der Waals surface area contributed by atoms with E-state index in [0.29, 0.717) is 24.5 Å². The van der Waals surface area contributed by atoms with Crippen LogP contribution in [0, 0.1) is 5.92 Å². The number of rotatable bonds is 2. The molecule has 14 heavy (non-hydrogen) atoms. The first-order valence-corrected chi connectivity index (χ1v) is 5.71. The summed E-state index contributed by atoms with van der Waals surface area (Å²) in [4.78, 5) is 13.6. The maximum absolute atomic E-state index is 11.5. The van der Waals surface area contributed by atoms with Gasteiger partial charge in [-0.3, -0.25) is 4.79 Å². The maximum Gasteiger partial charge on any atom is 0.222 e. The van der Waals surface area contributed by atoms with Crippen molar-refractivity contribution in [1.29, 1.82) is 0 Å². The lowest BCUT2D eigenvalue weighted by Gasteiger charge is -2.33. The topological polar surface area (TPSA) is 40.5 Å². The molecular formula is C11H19NO2. The van der Waals surface area contributed by atoms with Crippen molar-refractivity contribution in [2.45, 2.75) is 44.6 Å². The first-order valence-electron chi connectivity index (χ1n) is 5.71. The minimum atomic E-state index is 0.320. The highest BCUT2D eigenvalue weighted by atomic mass is 16.3. The average molecular weight is 197 g/mol. The minimum Gasteiger partial charge on any atom is -0.396 e. The molecule has 1 N–H and O–H groups in total. The van der Waals surface area contributed by atoms with Gasteiger partial charge in [0.2, 0.25) is 5.91 Å². The first-order chi connectivity index (χ1) is 6.81. The molecule has 1 aliphatic heterocycles. The molecule has 0 aromatic heterocycles. The van der Waals surface area contributed by atoms with Gasteiger partial charge in [0.1, 0.15) is 0 Å². The molecule has 0 aromatic rings. The number of aliphatic hydroxyl groups excluding tert-OH is 1. The average Bonchev–Trinajstić information content (AvgIpc) is 2.65. The Morgan fingerprint density at radius 2 is 2.00 bits per heavy atom. The zero-order valence-corrected chi connectivity index (χ0v) is 8.61. The second-order valence-corrected chi connectivity index (χ2v) is 4.55. The van der Waals surface area contributed by atoms with E-state index in [9.17, 15) is 4.79 Å². The standard InChI is InChI=1S/C11H19NO2/c13-8-9-3-5-10(6-4-9)12-7-1-2-11(12)14/h9-10,13H,1-8H2/t9-,10+. The Morgan fingerprint density at radius 3 is 2.50 bits per heavy atom. The van der Waals surface area contributed by atoms with Gasteiger partial charge in [0.15, 0.2) is 0 Å². The molecule has 2 rings (SSSR count). The third-order valence-corrected chi connectivity index (χ3v) is 3.63. The van der Waals surface area contributed by atoms with Gasteiger partial charge in [0.25, 0.3) is 0 Å². The van der Waals surface area contributed by atoms with Crippen molar-refractivity contribution in [3.8, 4) is 0 Å². The summed E-state index contributed by atoms with van der Waals surface area (Å²) in [5, 5.41) is 9.01. The normalized spacial score (nSPS) is 33.8. The fourth-order valence-corrected chi connectivity index (χ4v) is 2.69. The lowest BCUT2D eigenvalue weighted by atomic mass is 9.86. The Balaban J connectivity index is 1.85. The molecule has 0 atom stereocenters. The quantitative estimate of drug-likeness (QED) is 0.721. The van der Waals surface area contributed by atoms with E-state index in [2.05, 4.69) is 4.90 Å². The number of amides is 1. The van der Waals surface area contributed by atoms with Crippen LogP contribution in [0.1, 0.15) is 38.5 Å². The van der Waals surface area contributed by atoms with Crippen LogP contribution < -0.4 is 0 Å². The molecule has 1 saturated heterocycles. The summed E-state index contributed by atoms with van der Waals surface area (Å²) < 4.78 is 0. The second kappa shape index (κ2) is 4.30. The molecule has 1 heterocycles. The van der Waals surface area contributed by atoms with Gasteiger partial charge >= 0.3 is 0 Å². The van der Waals surface area contributed by atoms with Crippen molar-refractivity contribution >= 4 is 5.91 Å². The van der Waals surface area contributed by atoms with Crippen LogP contribution >= 0.6 is 0 Å². The van der Waals surface area contributed by atoms with Crippen LogP contribution in [0.2, 0.25) is 0 Å². The van der Waals surface area contributed by atoms with Crippen LogP contribution in [0.4, 0.5) is 0 Å². The summed E-state index contributed by atoms with van der Waals surface area (Å²) in [6.45, 7) is 1.29. The molecule has 1 saturated carbocycles. The molecule has 2 fully saturated rings. The van der Waals surface area contributed by atoms with E-state index in [0.717, 1.165) is 45.1 Å². The van der Waals surface area contributed by atoms with E-state index in [1.54, 1.807) is 0 Å². The molecule has 1 aliphatic carbocycles. The van der Waals surface area contributed by atoms with E-state index < -0.39 is 0 Å². The lowest BCUT2D eigenvalue weighted by molar-refractivity contribution is -0.130. The molecule has 2 aliphatic rings. The Morgan fingerprint density at radius 1 is 1.29 bits per heavy atom. The molecule has 0 bridgehead atoms. The van der Waals surface area contributed by atoms with Gasteiger partial charge in [0, 0.05) is 25.6 Å². The maximum atomic E-state index is 11.5. The van der Waals surface area contributed by atoms with Crippen molar-refractivity contribution < 1.29 is 9.90 Å². The van der Waals surface area contributed by atoms with Crippen molar-refractivity contribution in [2.75, 3.05) is 13.2 Å². The van der Waals surface area contributed by atoms with Crippen LogP contribution in [0.15, 0.2) is 0 Å². The molecule has 0 aromatic carbocycles. The smallest absolute Gasteiger partial charge is 0.222 e. The number of likely N-dealkylation sites (tertiary alicyclic amines) is 1. The first kappa shape index (κ1) is 9.97. The Bertz CT molecular complexity index is 209. The lowest BCUT2D eigenvalue weighted by Crippen LogP contribution is -2.39. The summed E-state index contributed by atoms with van der Waals surface area (Å²) >= 11 is 0. The number of hydrogen-bond donors (Lipinski definition) is 1. The fourth-order valence-electron chi connectivity index (χ4n) is 2.69. The van der Waals surface area contributed by atoms with Crippen molar-refractivity contribution in [1.82, 2.24) is 4.90 Å². The number of hydrogen-bond acceptors (Lipinski definition) is 2. The largest absolute Gasteiger partial charge is 0.396 e. The monoisotopic (exact) mass is 197 g/mol. The van der Waals surface area contributed by atoms with Crippen LogP contribution in [0.5, 0.6) is 0 Å². The Kier molecular flexibility index (Phi) is 3.06. The summed E-state index contributed by atoms with van der Waals surface area (Å²) in [7, 11) is 0. The highest BCUT2D eigenvalue weighted by Crippen LogP contribution is 2.29. The van der Waals surface area contributed by atoms with Crippen molar-refractivity contribution in [2.24, 2.45) is 5.92 Å². The highest BCUT2D eigenvalue weighted by Gasteiger charge is 2.30. The molecule has 3 heteroatoms. The minimum absolute atomic E-state index is 0.320. The molecule has 0 unspecified atom stereocenters. The van der Waals surface area contributed by atoms with E-state index in [1.165, 1.54) is 0 Å². The van der Waals surface area contributed by atoms with Gasteiger partial charge < -0.3 is 10.0 Å². The van der Waals surface area contributed by atoms with Crippen LogP contribution in [0.25, 0.3) is 0 Å². The second-order valence-electron chi connectivity index (χ2n) is 4.55. The van der Waals surface area contributed by atoms with Gasteiger partial charge in [-0.1, -0.05) is 0 Å². The third kappa shape index (κ3) is 1.92. The Labute approximate surface area is 85.1 Å². The molecule has 1 amide bonds. The highest BCUT2D eigenvalue weighted by molar-refractivity contribution is 5.78. The van der Waals surface area contributed by atoms with Gasteiger partial charge in [-0.2, -0.15) is 0 Å². The summed E-state index contributed by atoms with van der Waals surface area (Å²) in [5.41, 5.74) is 0. The number of aliphatic hydroxyl groups is 1. The Hall–Kier alpha value is -0.570. The molecule has 80 valence electrons. The van der Waals surface area contributed by atoms with Crippen molar-refractivity contribution in [3.63, 3.8) is 0 Å².